The van der Waals surface area contributed by atoms with E-state index in [4.69, 9.17) is 4.42 Å². The lowest BCUT2D eigenvalue weighted by Gasteiger charge is -2.35. The Morgan fingerprint density at radius 2 is 1.83 bits per heavy atom. The summed E-state index contributed by atoms with van der Waals surface area (Å²) < 4.78 is 5.12. The summed E-state index contributed by atoms with van der Waals surface area (Å²) in [5.41, 5.74) is 0. The maximum Gasteiger partial charge on any atom is 0.289 e. The van der Waals surface area contributed by atoms with Crippen molar-refractivity contribution in [1.29, 1.82) is 0 Å². The van der Waals surface area contributed by atoms with Crippen molar-refractivity contribution in [2.75, 3.05) is 32.7 Å². The Balaban J connectivity index is 1.51. The molecule has 1 saturated heterocycles. The summed E-state index contributed by atoms with van der Waals surface area (Å²) in [4.78, 5) is 41.2. The van der Waals surface area contributed by atoms with Crippen LogP contribution in [-0.4, -0.2) is 71.2 Å². The minimum absolute atomic E-state index is 0.0443. The van der Waals surface area contributed by atoms with Crippen molar-refractivity contribution in [3.05, 3.63) is 24.2 Å². The average Bonchev–Trinajstić information content (AvgIpc) is 3.24. The molecule has 3 amide bonds. The highest BCUT2D eigenvalue weighted by Gasteiger charge is 2.34. The van der Waals surface area contributed by atoms with E-state index in [9.17, 15) is 14.4 Å². The van der Waals surface area contributed by atoms with Crippen molar-refractivity contribution in [2.45, 2.75) is 25.8 Å². The minimum Gasteiger partial charge on any atom is -0.459 e. The molecule has 1 aliphatic heterocycles. The molecule has 1 aromatic rings. The van der Waals surface area contributed by atoms with E-state index >= 15 is 0 Å². The number of furan rings is 1. The highest BCUT2D eigenvalue weighted by molar-refractivity contribution is 5.91. The van der Waals surface area contributed by atoms with Crippen molar-refractivity contribution < 1.29 is 18.8 Å². The van der Waals surface area contributed by atoms with Gasteiger partial charge in [-0.05, 0) is 25.0 Å². The van der Waals surface area contributed by atoms with Crippen LogP contribution >= 0.6 is 0 Å². The molecule has 1 aromatic heterocycles. The zero-order valence-corrected chi connectivity index (χ0v) is 13.2. The van der Waals surface area contributed by atoms with E-state index in [0.29, 0.717) is 31.9 Å². The number of carbonyl (C=O) groups excluding carboxylic acids is 3. The van der Waals surface area contributed by atoms with Crippen LogP contribution in [0.1, 0.15) is 30.3 Å². The molecule has 2 fully saturated rings. The predicted octanol–water partition coefficient (Wildman–Crippen LogP) is 0.575. The third-order valence-corrected chi connectivity index (χ3v) is 4.35. The molecule has 0 aromatic carbocycles. The topological polar surface area (TPSA) is 74.1 Å². The third-order valence-electron chi connectivity index (χ3n) is 4.35. The van der Waals surface area contributed by atoms with Gasteiger partial charge in [0.2, 0.25) is 11.8 Å². The lowest BCUT2D eigenvalue weighted by atomic mass is 10.2. The van der Waals surface area contributed by atoms with Gasteiger partial charge in [-0.3, -0.25) is 14.4 Å². The Morgan fingerprint density at radius 3 is 2.35 bits per heavy atom. The SMILES string of the molecule is CC(=O)N(CC(=O)N1CCN(C(=O)c2ccco2)CC1)C1CC1. The molecular formula is C16H21N3O4. The van der Waals surface area contributed by atoms with E-state index in [0.717, 1.165) is 12.8 Å². The fraction of sp³-hybridized carbons (Fsp3) is 0.562. The lowest BCUT2D eigenvalue weighted by Crippen LogP contribution is -2.53. The maximum atomic E-state index is 12.4. The number of hydrogen-bond donors (Lipinski definition) is 0. The van der Waals surface area contributed by atoms with Crippen LogP contribution in [0.2, 0.25) is 0 Å². The van der Waals surface area contributed by atoms with Gasteiger partial charge in [-0.1, -0.05) is 0 Å². The summed E-state index contributed by atoms with van der Waals surface area (Å²) in [5, 5.41) is 0. The van der Waals surface area contributed by atoms with Crippen molar-refractivity contribution in [3.63, 3.8) is 0 Å². The molecule has 1 aliphatic carbocycles. The molecule has 2 heterocycles. The number of rotatable bonds is 4. The molecule has 2 aliphatic rings. The van der Waals surface area contributed by atoms with Crippen molar-refractivity contribution in [2.24, 2.45) is 0 Å². The molecular weight excluding hydrogens is 298 g/mol. The number of piperazine rings is 1. The highest BCUT2D eigenvalue weighted by Crippen LogP contribution is 2.26. The van der Waals surface area contributed by atoms with Crippen LogP contribution < -0.4 is 0 Å². The molecule has 23 heavy (non-hydrogen) atoms. The van der Waals surface area contributed by atoms with E-state index in [1.807, 2.05) is 0 Å². The summed E-state index contributed by atoms with van der Waals surface area (Å²) in [5.74, 6) is 0.0800. The molecule has 124 valence electrons. The van der Waals surface area contributed by atoms with E-state index in [2.05, 4.69) is 0 Å². The summed E-state index contributed by atoms with van der Waals surface area (Å²) in [7, 11) is 0. The molecule has 0 spiro atoms. The predicted molar refractivity (Wildman–Crippen MR) is 81.6 cm³/mol. The van der Waals surface area contributed by atoms with Gasteiger partial charge in [0.15, 0.2) is 5.76 Å². The van der Waals surface area contributed by atoms with Crippen molar-refractivity contribution >= 4 is 17.7 Å². The first-order valence-electron chi connectivity index (χ1n) is 7.94. The summed E-state index contributed by atoms with van der Waals surface area (Å²) in [6.45, 7) is 3.59. The number of amides is 3. The molecule has 0 unspecified atom stereocenters. The Hall–Kier alpha value is -2.31. The van der Waals surface area contributed by atoms with Crippen LogP contribution in [0.15, 0.2) is 22.8 Å². The zero-order chi connectivity index (χ0) is 16.4. The standard InChI is InChI=1S/C16H21N3O4/c1-12(20)19(13-4-5-13)11-15(21)17-6-8-18(9-7-17)16(22)14-3-2-10-23-14/h2-3,10,13H,4-9,11H2,1H3. The molecule has 0 atom stereocenters. The normalized spacial score (nSPS) is 18.0. The molecule has 0 bridgehead atoms. The fourth-order valence-corrected chi connectivity index (χ4v) is 2.84. The van der Waals surface area contributed by atoms with Gasteiger partial charge in [-0.25, -0.2) is 0 Å². The van der Waals surface area contributed by atoms with Crippen molar-refractivity contribution in [3.8, 4) is 0 Å². The molecule has 7 heteroatoms. The first kappa shape index (κ1) is 15.6. The number of hydrogen-bond acceptors (Lipinski definition) is 4. The van der Waals surface area contributed by atoms with Crippen LogP contribution in [0.5, 0.6) is 0 Å². The monoisotopic (exact) mass is 319 g/mol. The van der Waals surface area contributed by atoms with E-state index in [1.165, 1.54) is 13.2 Å². The summed E-state index contributed by atoms with van der Waals surface area (Å²) in [6, 6.07) is 3.56. The molecule has 0 radical (unpaired) electrons. The fourth-order valence-electron chi connectivity index (χ4n) is 2.84. The minimum atomic E-state index is -0.148. The second-order valence-corrected chi connectivity index (χ2v) is 6.03. The van der Waals surface area contributed by atoms with Gasteiger partial charge in [0.25, 0.3) is 5.91 Å². The van der Waals surface area contributed by atoms with E-state index in [1.54, 1.807) is 26.8 Å². The van der Waals surface area contributed by atoms with Gasteiger partial charge in [0.05, 0.1) is 12.8 Å². The van der Waals surface area contributed by atoms with Gasteiger partial charge in [0.1, 0.15) is 0 Å². The van der Waals surface area contributed by atoms with E-state index < -0.39 is 0 Å². The van der Waals surface area contributed by atoms with Crippen molar-refractivity contribution in [1.82, 2.24) is 14.7 Å². The van der Waals surface area contributed by atoms with Crippen LogP contribution in [0, 0.1) is 0 Å². The molecule has 1 saturated carbocycles. The largest absolute Gasteiger partial charge is 0.459 e. The van der Waals surface area contributed by atoms with Crippen LogP contribution in [-0.2, 0) is 9.59 Å². The Bertz CT molecular complexity index is 586. The van der Waals surface area contributed by atoms with Crippen LogP contribution in [0.3, 0.4) is 0 Å². The number of nitrogens with zero attached hydrogens (tertiary/aromatic N) is 3. The Labute approximate surface area is 134 Å². The maximum absolute atomic E-state index is 12.4. The van der Waals surface area contributed by atoms with Gasteiger partial charge in [0, 0.05) is 39.1 Å². The van der Waals surface area contributed by atoms with E-state index in [-0.39, 0.29) is 30.3 Å². The van der Waals surface area contributed by atoms with Gasteiger partial charge >= 0.3 is 0 Å². The molecule has 7 nitrogen and oxygen atoms in total. The number of carbonyl (C=O) groups is 3. The zero-order valence-electron chi connectivity index (χ0n) is 13.2. The van der Waals surface area contributed by atoms with Gasteiger partial charge in [-0.2, -0.15) is 0 Å². The molecule has 3 rings (SSSR count). The third kappa shape index (κ3) is 3.55. The lowest BCUT2D eigenvalue weighted by molar-refractivity contribution is -0.140. The highest BCUT2D eigenvalue weighted by atomic mass is 16.3. The quantitative estimate of drug-likeness (QED) is 0.813. The summed E-state index contributed by atoms with van der Waals surface area (Å²) >= 11 is 0. The molecule has 0 N–H and O–H groups in total. The van der Waals surface area contributed by atoms with Crippen LogP contribution in [0.4, 0.5) is 0 Å². The summed E-state index contributed by atoms with van der Waals surface area (Å²) in [6.07, 6.45) is 3.44. The first-order chi connectivity index (χ1) is 11.1. The second-order valence-electron chi connectivity index (χ2n) is 6.03. The van der Waals surface area contributed by atoms with Crippen LogP contribution in [0.25, 0.3) is 0 Å². The Kier molecular flexibility index (Phi) is 4.36. The second kappa shape index (κ2) is 6.44. The Morgan fingerprint density at radius 1 is 1.17 bits per heavy atom. The van der Waals surface area contributed by atoms with Gasteiger partial charge in [-0.15, -0.1) is 0 Å². The van der Waals surface area contributed by atoms with Gasteiger partial charge < -0.3 is 19.1 Å². The smallest absolute Gasteiger partial charge is 0.289 e. The first-order valence-corrected chi connectivity index (χ1v) is 7.94. The average molecular weight is 319 g/mol.